The summed E-state index contributed by atoms with van der Waals surface area (Å²) in [4.78, 5) is 27.6. The molecule has 0 fully saturated rings. The van der Waals surface area contributed by atoms with Crippen molar-refractivity contribution in [3.63, 3.8) is 0 Å². The van der Waals surface area contributed by atoms with Gasteiger partial charge in [-0.25, -0.2) is 0 Å². The van der Waals surface area contributed by atoms with Gasteiger partial charge in [0.25, 0.3) is 11.8 Å². The minimum absolute atomic E-state index is 0.148. The molecule has 0 radical (unpaired) electrons. The third kappa shape index (κ3) is 3.05. The van der Waals surface area contributed by atoms with Crippen LogP contribution in [0.1, 0.15) is 33.6 Å². The van der Waals surface area contributed by atoms with E-state index in [1.54, 1.807) is 24.3 Å². The maximum atomic E-state index is 12.1. The first kappa shape index (κ1) is 14.7. The summed E-state index contributed by atoms with van der Waals surface area (Å²) in [6.07, 6.45) is 1.67. The van der Waals surface area contributed by atoms with Gasteiger partial charge in [0.05, 0.1) is 17.7 Å². The summed E-state index contributed by atoms with van der Waals surface area (Å²) in [5, 5.41) is 8.80. The van der Waals surface area contributed by atoms with Gasteiger partial charge in [0.1, 0.15) is 0 Å². The average molecular weight is 276 g/mol. The Hall–Kier alpha value is -1.72. The van der Waals surface area contributed by atoms with Crippen molar-refractivity contribution >= 4 is 11.8 Å². The van der Waals surface area contributed by atoms with Crippen molar-refractivity contribution in [2.24, 2.45) is 0 Å². The minimum atomic E-state index is -0.186. The predicted molar refractivity (Wildman–Crippen MR) is 75.6 cm³/mol. The fourth-order valence-electron chi connectivity index (χ4n) is 2.38. The normalized spacial score (nSPS) is 14.2. The van der Waals surface area contributed by atoms with E-state index < -0.39 is 0 Å². The monoisotopic (exact) mass is 276 g/mol. The lowest BCUT2D eigenvalue weighted by Crippen LogP contribution is -2.31. The molecule has 0 aliphatic carbocycles. The van der Waals surface area contributed by atoms with Crippen molar-refractivity contribution in [3.05, 3.63) is 35.4 Å². The lowest BCUT2D eigenvalue weighted by atomic mass is 10.1. The summed E-state index contributed by atoms with van der Waals surface area (Å²) in [5.41, 5.74) is 1.02. The van der Waals surface area contributed by atoms with Crippen molar-refractivity contribution in [2.75, 3.05) is 33.3 Å². The number of carbonyl (C=O) groups is 2. The van der Waals surface area contributed by atoms with E-state index in [0.29, 0.717) is 24.2 Å². The molecule has 0 bridgehead atoms. The van der Waals surface area contributed by atoms with Gasteiger partial charge in [-0.2, -0.15) is 0 Å². The summed E-state index contributed by atoms with van der Waals surface area (Å²) in [5.74, 6) is -0.372. The quantitative estimate of drug-likeness (QED) is 0.596. The number of unbranched alkanes of at least 4 members (excludes halogenated alkanes) is 1. The van der Waals surface area contributed by atoms with Crippen LogP contribution >= 0.6 is 0 Å². The molecule has 108 valence electrons. The fourth-order valence-corrected chi connectivity index (χ4v) is 2.38. The molecular weight excluding hydrogens is 256 g/mol. The van der Waals surface area contributed by atoms with E-state index in [1.165, 1.54) is 4.90 Å². The van der Waals surface area contributed by atoms with Crippen LogP contribution in [0.3, 0.4) is 0 Å². The molecule has 2 rings (SSSR count). The highest BCUT2D eigenvalue weighted by Gasteiger charge is 2.34. The van der Waals surface area contributed by atoms with Crippen LogP contribution in [0, 0.1) is 0 Å². The second-order valence-electron chi connectivity index (χ2n) is 5.04. The zero-order valence-corrected chi connectivity index (χ0v) is 11.7. The van der Waals surface area contributed by atoms with Crippen LogP contribution in [-0.4, -0.2) is 60.0 Å². The highest BCUT2D eigenvalue weighted by molar-refractivity contribution is 6.21. The smallest absolute Gasteiger partial charge is 0.261 e. The van der Waals surface area contributed by atoms with E-state index >= 15 is 0 Å². The first-order chi connectivity index (χ1) is 9.65. The number of nitrogens with zero attached hydrogens (tertiary/aromatic N) is 2. The molecule has 0 atom stereocenters. The number of hydrogen-bond acceptors (Lipinski definition) is 4. The predicted octanol–water partition coefficient (Wildman–Crippen LogP) is 0.987. The third-order valence-corrected chi connectivity index (χ3v) is 3.53. The second-order valence-corrected chi connectivity index (χ2v) is 5.04. The van der Waals surface area contributed by atoms with E-state index in [4.69, 9.17) is 5.11 Å². The Morgan fingerprint density at radius 3 is 2.20 bits per heavy atom. The van der Waals surface area contributed by atoms with E-state index in [2.05, 4.69) is 0 Å². The number of amides is 2. The van der Waals surface area contributed by atoms with Gasteiger partial charge in [0.2, 0.25) is 0 Å². The average Bonchev–Trinajstić information content (AvgIpc) is 2.69. The Morgan fingerprint density at radius 2 is 1.65 bits per heavy atom. The van der Waals surface area contributed by atoms with Gasteiger partial charge < -0.3 is 10.0 Å². The van der Waals surface area contributed by atoms with Crippen LogP contribution in [0.25, 0.3) is 0 Å². The summed E-state index contributed by atoms with van der Waals surface area (Å²) < 4.78 is 0. The minimum Gasteiger partial charge on any atom is -0.395 e. The largest absolute Gasteiger partial charge is 0.395 e. The van der Waals surface area contributed by atoms with Gasteiger partial charge in [-0.15, -0.1) is 0 Å². The maximum absolute atomic E-state index is 12.1. The summed E-state index contributed by atoms with van der Waals surface area (Å²) in [6.45, 7) is 2.10. The molecule has 0 saturated heterocycles. The highest BCUT2D eigenvalue weighted by Crippen LogP contribution is 2.22. The molecule has 1 aliphatic heterocycles. The topological polar surface area (TPSA) is 60.9 Å². The van der Waals surface area contributed by atoms with Crippen LogP contribution in [0.5, 0.6) is 0 Å². The van der Waals surface area contributed by atoms with Gasteiger partial charge in [-0.3, -0.25) is 14.5 Å². The van der Waals surface area contributed by atoms with E-state index in [0.717, 1.165) is 19.4 Å². The SMILES string of the molecule is CN(CCO)CCCCN1C(=O)c2ccccc2C1=O. The molecule has 5 nitrogen and oxygen atoms in total. The number of likely N-dealkylation sites (N-methyl/N-ethyl adjacent to an activating group) is 1. The second kappa shape index (κ2) is 6.63. The summed E-state index contributed by atoms with van der Waals surface area (Å²) in [7, 11) is 1.94. The standard InChI is InChI=1S/C15H20N2O3/c1-16(10-11-18)8-4-5-9-17-14(19)12-6-2-3-7-13(12)15(17)20/h2-3,6-7,18H,4-5,8-11H2,1H3. The molecule has 2 amide bonds. The number of rotatable bonds is 7. The zero-order chi connectivity index (χ0) is 14.5. The van der Waals surface area contributed by atoms with Crippen molar-refractivity contribution < 1.29 is 14.7 Å². The molecule has 0 unspecified atom stereocenters. The lowest BCUT2D eigenvalue weighted by molar-refractivity contribution is 0.0650. The molecule has 0 aromatic heterocycles. The first-order valence-electron chi connectivity index (χ1n) is 6.89. The number of benzene rings is 1. The van der Waals surface area contributed by atoms with Gasteiger partial charge in [-0.1, -0.05) is 12.1 Å². The van der Waals surface area contributed by atoms with Crippen LogP contribution in [0.4, 0.5) is 0 Å². The zero-order valence-electron chi connectivity index (χ0n) is 11.7. The molecule has 0 saturated carbocycles. The van der Waals surface area contributed by atoms with Gasteiger partial charge in [0, 0.05) is 13.1 Å². The molecule has 1 aliphatic rings. The Morgan fingerprint density at radius 1 is 1.05 bits per heavy atom. The molecule has 5 heteroatoms. The fraction of sp³-hybridized carbons (Fsp3) is 0.467. The molecular formula is C15H20N2O3. The van der Waals surface area contributed by atoms with Crippen LogP contribution in [-0.2, 0) is 0 Å². The number of hydrogen-bond donors (Lipinski definition) is 1. The van der Waals surface area contributed by atoms with Crippen LogP contribution < -0.4 is 0 Å². The summed E-state index contributed by atoms with van der Waals surface area (Å²) in [6, 6.07) is 6.95. The number of imide groups is 1. The van der Waals surface area contributed by atoms with Crippen molar-refractivity contribution in [1.82, 2.24) is 9.80 Å². The Balaban J connectivity index is 1.84. The molecule has 1 heterocycles. The first-order valence-corrected chi connectivity index (χ1v) is 6.89. The number of aliphatic hydroxyl groups is 1. The number of fused-ring (bicyclic) bond motifs is 1. The van der Waals surface area contributed by atoms with Crippen LogP contribution in [0.15, 0.2) is 24.3 Å². The summed E-state index contributed by atoms with van der Waals surface area (Å²) >= 11 is 0. The third-order valence-electron chi connectivity index (χ3n) is 3.53. The van der Waals surface area contributed by atoms with E-state index in [1.807, 2.05) is 11.9 Å². The molecule has 20 heavy (non-hydrogen) atoms. The number of carbonyl (C=O) groups excluding carboxylic acids is 2. The highest BCUT2D eigenvalue weighted by atomic mass is 16.3. The van der Waals surface area contributed by atoms with Crippen molar-refractivity contribution in [2.45, 2.75) is 12.8 Å². The van der Waals surface area contributed by atoms with Crippen molar-refractivity contribution in [1.29, 1.82) is 0 Å². The molecule has 1 aromatic carbocycles. The lowest BCUT2D eigenvalue weighted by Gasteiger charge is -2.17. The Labute approximate surface area is 118 Å². The van der Waals surface area contributed by atoms with E-state index in [-0.39, 0.29) is 18.4 Å². The molecule has 1 aromatic rings. The Bertz CT molecular complexity index is 467. The van der Waals surface area contributed by atoms with Gasteiger partial charge in [0.15, 0.2) is 0 Å². The molecule has 0 spiro atoms. The number of aliphatic hydroxyl groups excluding tert-OH is 1. The van der Waals surface area contributed by atoms with E-state index in [9.17, 15) is 9.59 Å². The van der Waals surface area contributed by atoms with Crippen LogP contribution in [0.2, 0.25) is 0 Å². The Kier molecular flexibility index (Phi) is 4.87. The maximum Gasteiger partial charge on any atom is 0.261 e. The molecule has 1 N–H and O–H groups in total. The van der Waals surface area contributed by atoms with Gasteiger partial charge >= 0.3 is 0 Å². The van der Waals surface area contributed by atoms with Gasteiger partial charge in [-0.05, 0) is 38.6 Å². The van der Waals surface area contributed by atoms with Crippen molar-refractivity contribution in [3.8, 4) is 0 Å².